The molecule has 0 atom stereocenters. The fourth-order valence-corrected chi connectivity index (χ4v) is 3.29. The van der Waals surface area contributed by atoms with Gasteiger partial charge in [0, 0.05) is 25.8 Å². The molecule has 3 rings (SSSR count). The molecule has 0 amide bonds. The van der Waals surface area contributed by atoms with Crippen molar-refractivity contribution in [2.45, 2.75) is 39.2 Å². The van der Waals surface area contributed by atoms with E-state index < -0.39 is 5.43 Å². The average molecular weight is 313 g/mol. The molecule has 1 fully saturated rings. The van der Waals surface area contributed by atoms with Crippen LogP contribution in [0.2, 0.25) is 0 Å². The van der Waals surface area contributed by atoms with Crippen LogP contribution in [0.4, 0.5) is 10.1 Å². The predicted molar refractivity (Wildman–Crippen MR) is 89.2 cm³/mol. The van der Waals surface area contributed by atoms with Crippen LogP contribution in [0.15, 0.2) is 23.1 Å². The topological polar surface area (TPSA) is 49.0 Å². The van der Waals surface area contributed by atoms with Gasteiger partial charge in [-0.1, -0.05) is 12.8 Å². The molecular weight excluding hydrogens is 293 g/mol. The van der Waals surface area contributed by atoms with Crippen molar-refractivity contribution in [2.75, 3.05) is 18.0 Å². The Morgan fingerprint density at radius 3 is 2.52 bits per heavy atom. The first kappa shape index (κ1) is 15.5. The molecule has 5 heteroatoms. The minimum atomic E-state index is -0.395. The quantitative estimate of drug-likeness (QED) is 0.853. The van der Waals surface area contributed by atoms with E-state index in [0.717, 1.165) is 25.9 Å². The zero-order valence-electron chi connectivity index (χ0n) is 13.3. The van der Waals surface area contributed by atoms with Crippen molar-refractivity contribution >= 4 is 16.6 Å². The maximum atomic E-state index is 14.6. The third-order valence-electron chi connectivity index (χ3n) is 4.56. The highest BCUT2D eigenvalue weighted by Crippen LogP contribution is 2.27. The third kappa shape index (κ3) is 2.81. The summed E-state index contributed by atoms with van der Waals surface area (Å²) in [5.74, 6) is -0.380. The van der Waals surface area contributed by atoms with Crippen LogP contribution in [0.5, 0.6) is 0 Å². The Bertz CT molecular complexity index is 827. The minimum absolute atomic E-state index is 0.0567. The molecule has 2 aromatic rings. The van der Waals surface area contributed by atoms with Gasteiger partial charge in [-0.3, -0.25) is 4.79 Å². The number of anilines is 1. The van der Waals surface area contributed by atoms with Crippen molar-refractivity contribution in [3.8, 4) is 6.07 Å². The Morgan fingerprint density at radius 1 is 1.22 bits per heavy atom. The van der Waals surface area contributed by atoms with Crippen LogP contribution in [0.3, 0.4) is 0 Å². The lowest BCUT2D eigenvalue weighted by atomic mass is 10.1. The van der Waals surface area contributed by atoms with Gasteiger partial charge in [-0.2, -0.15) is 5.26 Å². The van der Waals surface area contributed by atoms with E-state index in [1.165, 1.54) is 18.9 Å². The van der Waals surface area contributed by atoms with E-state index in [9.17, 15) is 9.18 Å². The molecule has 2 heterocycles. The van der Waals surface area contributed by atoms with Gasteiger partial charge < -0.3 is 9.47 Å². The number of fused-ring (bicyclic) bond motifs is 1. The zero-order valence-corrected chi connectivity index (χ0v) is 13.3. The summed E-state index contributed by atoms with van der Waals surface area (Å²) in [6.45, 7) is 4.25. The Morgan fingerprint density at radius 2 is 1.91 bits per heavy atom. The minimum Gasteiger partial charge on any atom is -0.369 e. The van der Waals surface area contributed by atoms with E-state index in [1.54, 1.807) is 12.3 Å². The van der Waals surface area contributed by atoms with Crippen LogP contribution in [-0.4, -0.2) is 17.7 Å². The lowest BCUT2D eigenvalue weighted by molar-refractivity contribution is 0.618. The highest BCUT2D eigenvalue weighted by molar-refractivity contribution is 5.84. The Labute approximate surface area is 134 Å². The van der Waals surface area contributed by atoms with Gasteiger partial charge in [0.05, 0.1) is 16.6 Å². The monoisotopic (exact) mass is 313 g/mol. The first-order valence-corrected chi connectivity index (χ1v) is 8.17. The molecule has 0 N–H and O–H groups in total. The number of rotatable bonds is 2. The van der Waals surface area contributed by atoms with Gasteiger partial charge in [-0.15, -0.1) is 0 Å². The van der Waals surface area contributed by atoms with E-state index in [2.05, 4.69) is 4.90 Å². The summed E-state index contributed by atoms with van der Waals surface area (Å²) in [6, 6.07) is 4.96. The second-order valence-corrected chi connectivity index (χ2v) is 5.99. The summed E-state index contributed by atoms with van der Waals surface area (Å²) < 4.78 is 16.5. The molecule has 4 nitrogen and oxygen atoms in total. The van der Waals surface area contributed by atoms with E-state index >= 15 is 0 Å². The number of hydrogen-bond donors (Lipinski definition) is 0. The first-order valence-electron chi connectivity index (χ1n) is 8.17. The van der Waals surface area contributed by atoms with Crippen LogP contribution >= 0.6 is 0 Å². The van der Waals surface area contributed by atoms with Gasteiger partial charge >= 0.3 is 0 Å². The van der Waals surface area contributed by atoms with Crippen LogP contribution in [-0.2, 0) is 6.54 Å². The Kier molecular flexibility index (Phi) is 4.33. The van der Waals surface area contributed by atoms with Gasteiger partial charge in [-0.05, 0) is 31.9 Å². The highest BCUT2D eigenvalue weighted by Gasteiger charge is 2.17. The number of nitriles is 1. The molecule has 0 spiro atoms. The standard InChI is InChI=1S/C18H20FN3O/c1-2-21-12-13(11-20)18(23)14-9-15(19)17(10-16(14)21)22-7-5-3-4-6-8-22/h9-10,12H,2-8H2,1H3. The van der Waals surface area contributed by atoms with Crippen molar-refractivity contribution < 1.29 is 4.39 Å². The number of nitrogens with zero attached hydrogens (tertiary/aromatic N) is 3. The van der Waals surface area contributed by atoms with Gasteiger partial charge in [0.25, 0.3) is 0 Å². The third-order valence-corrected chi connectivity index (χ3v) is 4.56. The van der Waals surface area contributed by atoms with Gasteiger partial charge in [0.1, 0.15) is 17.4 Å². The summed E-state index contributed by atoms with van der Waals surface area (Å²) in [6.07, 6.45) is 6.04. The van der Waals surface area contributed by atoms with E-state index in [-0.39, 0.29) is 16.8 Å². The molecule has 0 saturated carbocycles. The SMILES string of the molecule is CCn1cc(C#N)c(=O)c2cc(F)c(N3CCCCCC3)cc21. The number of aromatic nitrogens is 1. The highest BCUT2D eigenvalue weighted by atomic mass is 19.1. The molecule has 1 aromatic heterocycles. The summed E-state index contributed by atoms with van der Waals surface area (Å²) >= 11 is 0. The van der Waals surface area contributed by atoms with E-state index in [0.29, 0.717) is 17.7 Å². The smallest absolute Gasteiger partial charge is 0.207 e. The Balaban J connectivity index is 2.21. The van der Waals surface area contributed by atoms with E-state index in [4.69, 9.17) is 5.26 Å². The second kappa shape index (κ2) is 6.41. The zero-order chi connectivity index (χ0) is 16.4. The fraction of sp³-hybridized carbons (Fsp3) is 0.444. The van der Waals surface area contributed by atoms with Crippen molar-refractivity contribution in [3.05, 3.63) is 39.9 Å². The van der Waals surface area contributed by atoms with Crippen molar-refractivity contribution in [1.29, 1.82) is 5.26 Å². The maximum Gasteiger partial charge on any atom is 0.207 e. The molecule has 23 heavy (non-hydrogen) atoms. The van der Waals surface area contributed by atoms with Crippen LogP contribution in [0.25, 0.3) is 10.9 Å². The molecule has 0 unspecified atom stereocenters. The lowest BCUT2D eigenvalue weighted by Crippen LogP contribution is -2.25. The summed E-state index contributed by atoms with van der Waals surface area (Å²) in [5, 5.41) is 9.37. The largest absolute Gasteiger partial charge is 0.369 e. The van der Waals surface area contributed by atoms with Crippen LogP contribution < -0.4 is 10.3 Å². The van der Waals surface area contributed by atoms with Gasteiger partial charge in [0.2, 0.25) is 5.43 Å². The molecule has 0 bridgehead atoms. The second-order valence-electron chi connectivity index (χ2n) is 5.99. The number of benzene rings is 1. The van der Waals surface area contributed by atoms with Crippen molar-refractivity contribution in [3.63, 3.8) is 0 Å². The average Bonchev–Trinajstić information content (AvgIpc) is 2.84. The van der Waals surface area contributed by atoms with Gasteiger partial charge in [0.15, 0.2) is 0 Å². The normalized spacial score (nSPS) is 15.4. The number of aryl methyl sites for hydroxylation is 1. The lowest BCUT2D eigenvalue weighted by Gasteiger charge is -2.24. The van der Waals surface area contributed by atoms with Crippen molar-refractivity contribution in [2.24, 2.45) is 0 Å². The molecule has 120 valence electrons. The molecular formula is C18H20FN3O. The van der Waals surface area contributed by atoms with Crippen molar-refractivity contribution in [1.82, 2.24) is 4.57 Å². The van der Waals surface area contributed by atoms with Gasteiger partial charge in [-0.25, -0.2) is 4.39 Å². The fourth-order valence-electron chi connectivity index (χ4n) is 3.29. The first-order chi connectivity index (χ1) is 11.2. The molecule has 1 aliphatic heterocycles. The Hall–Kier alpha value is -2.35. The van der Waals surface area contributed by atoms with Crippen LogP contribution in [0.1, 0.15) is 38.2 Å². The summed E-state index contributed by atoms with van der Waals surface area (Å²) in [5.41, 5.74) is 0.914. The number of pyridine rings is 1. The molecule has 0 aliphatic carbocycles. The molecule has 1 saturated heterocycles. The predicted octanol–water partition coefficient (Wildman–Crippen LogP) is 3.41. The molecule has 0 radical (unpaired) electrons. The summed E-state index contributed by atoms with van der Waals surface area (Å²) in [7, 11) is 0. The molecule has 1 aromatic carbocycles. The van der Waals surface area contributed by atoms with Crippen LogP contribution in [0, 0.1) is 17.1 Å². The molecule has 1 aliphatic rings. The van der Waals surface area contributed by atoms with E-state index in [1.807, 2.05) is 17.6 Å². The maximum absolute atomic E-state index is 14.6. The number of hydrogen-bond acceptors (Lipinski definition) is 3. The summed E-state index contributed by atoms with van der Waals surface area (Å²) in [4.78, 5) is 14.4. The number of halogens is 1.